The summed E-state index contributed by atoms with van der Waals surface area (Å²) < 4.78 is 26.6. The van der Waals surface area contributed by atoms with Crippen LogP contribution in [0.5, 0.6) is 0 Å². The number of halogens is 2. The van der Waals surface area contributed by atoms with Gasteiger partial charge >= 0.3 is 0 Å². The van der Waals surface area contributed by atoms with Gasteiger partial charge in [0.25, 0.3) is 5.91 Å². The number of hydrogen-bond acceptors (Lipinski definition) is 1. The van der Waals surface area contributed by atoms with E-state index in [-0.39, 0.29) is 24.0 Å². The molecule has 5 heteroatoms. The van der Waals surface area contributed by atoms with Crippen molar-refractivity contribution < 1.29 is 18.5 Å². The van der Waals surface area contributed by atoms with Gasteiger partial charge in [-0.25, -0.2) is 8.78 Å². The van der Waals surface area contributed by atoms with Crippen LogP contribution in [-0.2, 0) is 11.3 Å². The number of carbonyl (C=O) groups is 1. The van der Waals surface area contributed by atoms with Gasteiger partial charge in [-0.2, -0.15) is 0 Å². The topological polar surface area (TPSA) is 33.5 Å². The number of amides is 1. The van der Waals surface area contributed by atoms with Gasteiger partial charge in [0.15, 0.2) is 6.54 Å². The van der Waals surface area contributed by atoms with E-state index >= 15 is 0 Å². The highest BCUT2D eigenvalue weighted by Crippen LogP contribution is 2.16. The smallest absolute Gasteiger partial charge is 0.279 e. The number of nitrogens with one attached hydrogen (secondary N) is 2. The largest absolute Gasteiger partial charge is 0.321 e. The molecule has 1 aliphatic carbocycles. The molecule has 3 nitrogen and oxygen atoms in total. The predicted octanol–water partition coefficient (Wildman–Crippen LogP) is 2.15. The molecule has 1 atom stereocenters. The zero-order valence-corrected chi connectivity index (χ0v) is 12.7. The highest BCUT2D eigenvalue weighted by molar-refractivity contribution is 5.91. The van der Waals surface area contributed by atoms with Crippen LogP contribution in [0.25, 0.3) is 0 Å². The quantitative estimate of drug-likeness (QED) is 0.841. The first-order valence-corrected chi connectivity index (χ1v) is 7.75. The maximum atomic E-state index is 13.6. The summed E-state index contributed by atoms with van der Waals surface area (Å²) >= 11 is 0. The number of benzene rings is 2. The molecule has 120 valence electrons. The van der Waals surface area contributed by atoms with E-state index in [1.165, 1.54) is 18.2 Å². The van der Waals surface area contributed by atoms with Gasteiger partial charge in [0, 0.05) is 18.4 Å². The van der Waals surface area contributed by atoms with Crippen molar-refractivity contribution in [2.45, 2.75) is 25.4 Å². The number of carbonyl (C=O) groups excluding carboxylic acids is 1. The monoisotopic (exact) mass is 317 g/mol. The van der Waals surface area contributed by atoms with Crippen molar-refractivity contribution in [1.82, 2.24) is 0 Å². The van der Waals surface area contributed by atoms with Crippen LogP contribution in [0.1, 0.15) is 18.4 Å². The molecule has 2 aromatic carbocycles. The zero-order valence-electron chi connectivity index (χ0n) is 12.7. The Balaban J connectivity index is 1.62. The first kappa shape index (κ1) is 15.6. The van der Waals surface area contributed by atoms with Crippen LogP contribution in [-0.4, -0.2) is 18.5 Å². The fourth-order valence-electron chi connectivity index (χ4n) is 2.67. The van der Waals surface area contributed by atoms with Crippen LogP contribution in [0.4, 0.5) is 14.5 Å². The van der Waals surface area contributed by atoms with Crippen LogP contribution < -0.4 is 10.2 Å². The van der Waals surface area contributed by atoms with Gasteiger partial charge in [-0.05, 0) is 24.3 Å². The molecule has 0 heterocycles. The van der Waals surface area contributed by atoms with E-state index in [2.05, 4.69) is 5.32 Å². The predicted molar refractivity (Wildman–Crippen MR) is 84.0 cm³/mol. The van der Waals surface area contributed by atoms with Gasteiger partial charge in [-0.3, -0.25) is 4.79 Å². The summed E-state index contributed by atoms with van der Waals surface area (Å²) in [5.74, 6) is -0.912. The second kappa shape index (κ2) is 6.87. The molecule has 1 unspecified atom stereocenters. The molecule has 1 fully saturated rings. The van der Waals surface area contributed by atoms with E-state index in [1.54, 1.807) is 30.3 Å². The standard InChI is InChI=1S/C18H18F2N2O/c19-14-7-5-13(6-8-14)11-22(15-9-10-15)12-18(23)21-17-4-2-1-3-16(17)20/h1-8,15H,9-12H2,(H,21,23)/p+1. The summed E-state index contributed by atoms with van der Waals surface area (Å²) in [4.78, 5) is 13.3. The van der Waals surface area contributed by atoms with Crippen molar-refractivity contribution in [2.24, 2.45) is 0 Å². The highest BCUT2D eigenvalue weighted by atomic mass is 19.1. The minimum Gasteiger partial charge on any atom is -0.321 e. The summed E-state index contributed by atoms with van der Waals surface area (Å²) in [6, 6.07) is 12.9. The maximum absolute atomic E-state index is 13.6. The van der Waals surface area contributed by atoms with Crippen LogP contribution in [0.2, 0.25) is 0 Å². The molecule has 23 heavy (non-hydrogen) atoms. The van der Waals surface area contributed by atoms with Crippen LogP contribution >= 0.6 is 0 Å². The van der Waals surface area contributed by atoms with Gasteiger partial charge in [-0.15, -0.1) is 0 Å². The van der Waals surface area contributed by atoms with Gasteiger partial charge in [0.1, 0.15) is 18.2 Å². The molecule has 2 aromatic rings. The molecule has 0 aromatic heterocycles. The van der Waals surface area contributed by atoms with Gasteiger partial charge in [-0.1, -0.05) is 24.3 Å². The molecule has 3 rings (SSSR count). The number of para-hydroxylation sites is 1. The maximum Gasteiger partial charge on any atom is 0.279 e. The Kier molecular flexibility index (Phi) is 4.67. The van der Waals surface area contributed by atoms with Crippen molar-refractivity contribution in [2.75, 3.05) is 11.9 Å². The summed E-state index contributed by atoms with van der Waals surface area (Å²) in [6.07, 6.45) is 2.17. The summed E-state index contributed by atoms with van der Waals surface area (Å²) in [7, 11) is 0. The second-order valence-electron chi connectivity index (χ2n) is 5.94. The van der Waals surface area contributed by atoms with E-state index in [0.717, 1.165) is 23.3 Å². The fraction of sp³-hybridized carbons (Fsp3) is 0.278. The zero-order chi connectivity index (χ0) is 16.2. The number of anilines is 1. The fourth-order valence-corrected chi connectivity index (χ4v) is 2.67. The first-order chi connectivity index (χ1) is 11.1. The molecule has 0 radical (unpaired) electrons. The molecule has 1 saturated carbocycles. The summed E-state index contributed by atoms with van der Waals surface area (Å²) in [5, 5.41) is 2.62. The van der Waals surface area contributed by atoms with Gasteiger partial charge < -0.3 is 10.2 Å². The molecule has 0 bridgehead atoms. The third-order valence-corrected chi connectivity index (χ3v) is 4.03. The molecule has 2 N–H and O–H groups in total. The van der Waals surface area contributed by atoms with E-state index < -0.39 is 5.82 Å². The molecule has 0 spiro atoms. The van der Waals surface area contributed by atoms with E-state index in [0.29, 0.717) is 12.6 Å². The summed E-state index contributed by atoms with van der Waals surface area (Å²) in [6.45, 7) is 0.937. The molecular formula is C18H19F2N2O+. The summed E-state index contributed by atoms with van der Waals surface area (Å²) in [5.41, 5.74) is 1.20. The Hall–Kier alpha value is -2.27. The van der Waals surface area contributed by atoms with E-state index in [4.69, 9.17) is 0 Å². The Morgan fingerprint density at radius 3 is 2.43 bits per heavy atom. The van der Waals surface area contributed by atoms with Crippen molar-refractivity contribution >= 4 is 11.6 Å². The van der Waals surface area contributed by atoms with E-state index in [9.17, 15) is 13.6 Å². The minimum atomic E-state index is -0.438. The van der Waals surface area contributed by atoms with E-state index in [1.807, 2.05) is 0 Å². The lowest BCUT2D eigenvalue weighted by Gasteiger charge is -2.19. The van der Waals surface area contributed by atoms with Gasteiger partial charge in [0.05, 0.1) is 11.7 Å². The lowest BCUT2D eigenvalue weighted by Crippen LogP contribution is -3.13. The molecule has 1 amide bonds. The minimum absolute atomic E-state index is 0.203. The number of hydrogen-bond donors (Lipinski definition) is 2. The highest BCUT2D eigenvalue weighted by Gasteiger charge is 2.34. The lowest BCUT2D eigenvalue weighted by molar-refractivity contribution is -0.916. The number of quaternary nitrogens is 1. The third kappa shape index (κ3) is 4.36. The van der Waals surface area contributed by atoms with Crippen molar-refractivity contribution in [3.63, 3.8) is 0 Å². The Labute approximate surface area is 133 Å². The van der Waals surface area contributed by atoms with Crippen LogP contribution in [0.3, 0.4) is 0 Å². The molecular weight excluding hydrogens is 298 g/mol. The van der Waals surface area contributed by atoms with Crippen molar-refractivity contribution in [1.29, 1.82) is 0 Å². The molecule has 0 saturated heterocycles. The average molecular weight is 317 g/mol. The first-order valence-electron chi connectivity index (χ1n) is 7.75. The Morgan fingerprint density at radius 1 is 1.09 bits per heavy atom. The lowest BCUT2D eigenvalue weighted by atomic mass is 10.2. The second-order valence-corrected chi connectivity index (χ2v) is 5.94. The van der Waals surface area contributed by atoms with Crippen molar-refractivity contribution in [3.8, 4) is 0 Å². The Bertz CT molecular complexity index is 684. The normalized spacial score (nSPS) is 15.2. The molecule has 0 aliphatic heterocycles. The van der Waals surface area contributed by atoms with Crippen LogP contribution in [0.15, 0.2) is 48.5 Å². The van der Waals surface area contributed by atoms with Crippen LogP contribution in [0, 0.1) is 11.6 Å². The Morgan fingerprint density at radius 2 is 1.78 bits per heavy atom. The average Bonchev–Trinajstić information content (AvgIpc) is 3.36. The number of rotatable bonds is 6. The molecule has 1 aliphatic rings. The van der Waals surface area contributed by atoms with Gasteiger partial charge in [0.2, 0.25) is 0 Å². The third-order valence-electron chi connectivity index (χ3n) is 4.03. The SMILES string of the molecule is O=C(C[NH+](Cc1ccc(F)cc1)C1CC1)Nc1ccccc1F. The van der Waals surface area contributed by atoms with Crippen molar-refractivity contribution in [3.05, 3.63) is 65.7 Å².